The lowest BCUT2D eigenvalue weighted by Gasteiger charge is -2.27. The summed E-state index contributed by atoms with van der Waals surface area (Å²) in [6, 6.07) is 0. The van der Waals surface area contributed by atoms with Gasteiger partial charge in [0.15, 0.2) is 0 Å². The highest BCUT2D eigenvalue weighted by Gasteiger charge is 2.20. The number of hydrogen-bond donors (Lipinski definition) is 0. The highest BCUT2D eigenvalue weighted by molar-refractivity contribution is 4.99. The fourth-order valence-electron chi connectivity index (χ4n) is 1.15. The Labute approximate surface area is 52.3 Å². The molecule has 2 radical (unpaired) electrons. The van der Waals surface area contributed by atoms with E-state index in [1.54, 1.807) is 0 Å². The Kier molecular flexibility index (Phi) is 1.59. The molecule has 0 heteroatoms. The van der Waals surface area contributed by atoms with Crippen LogP contribution in [0, 0.1) is 18.3 Å². The molecule has 46 valence electrons. The monoisotopic (exact) mass is 110 g/mol. The average molecular weight is 110 g/mol. The number of hydrogen-bond acceptors (Lipinski definition) is 0. The first-order chi connectivity index (χ1) is 3.71. The second-order valence-electron chi connectivity index (χ2n) is 3.16. The van der Waals surface area contributed by atoms with E-state index in [0.29, 0.717) is 5.41 Å². The van der Waals surface area contributed by atoms with E-state index in [2.05, 4.69) is 26.7 Å². The SMILES string of the molecule is CC1(C)[CH]CCC[CH]1. The number of rotatable bonds is 0. The van der Waals surface area contributed by atoms with E-state index in [1.807, 2.05) is 0 Å². The van der Waals surface area contributed by atoms with Gasteiger partial charge in [-0.1, -0.05) is 20.3 Å². The topological polar surface area (TPSA) is 0 Å². The highest BCUT2D eigenvalue weighted by Crippen LogP contribution is 2.32. The average Bonchev–Trinajstić information content (AvgIpc) is 1.65. The van der Waals surface area contributed by atoms with Crippen LogP contribution in [0.5, 0.6) is 0 Å². The van der Waals surface area contributed by atoms with E-state index in [1.165, 1.54) is 19.3 Å². The lowest BCUT2D eigenvalue weighted by molar-refractivity contribution is 0.428. The molecule has 0 N–H and O–H groups in total. The summed E-state index contributed by atoms with van der Waals surface area (Å²) in [6.45, 7) is 4.54. The van der Waals surface area contributed by atoms with Crippen LogP contribution >= 0.6 is 0 Å². The van der Waals surface area contributed by atoms with Gasteiger partial charge in [0.05, 0.1) is 0 Å². The molecule has 0 heterocycles. The first-order valence-electron chi connectivity index (χ1n) is 3.39. The smallest absolute Gasteiger partial charge is 0.0292 e. The Hall–Kier alpha value is 0. The minimum Gasteiger partial charge on any atom is -0.0594 e. The van der Waals surface area contributed by atoms with Crippen LogP contribution in [0.4, 0.5) is 0 Å². The van der Waals surface area contributed by atoms with Gasteiger partial charge in [-0.05, 0) is 31.1 Å². The Bertz CT molecular complexity index is 64.1. The van der Waals surface area contributed by atoms with Crippen LogP contribution in [0.2, 0.25) is 0 Å². The van der Waals surface area contributed by atoms with Gasteiger partial charge in [0.25, 0.3) is 0 Å². The van der Waals surface area contributed by atoms with Crippen molar-refractivity contribution in [2.75, 3.05) is 0 Å². The fraction of sp³-hybridized carbons (Fsp3) is 0.750. The summed E-state index contributed by atoms with van der Waals surface area (Å²) in [6.07, 6.45) is 8.78. The predicted molar refractivity (Wildman–Crippen MR) is 36.2 cm³/mol. The molecule has 8 heavy (non-hydrogen) atoms. The highest BCUT2D eigenvalue weighted by atomic mass is 14.3. The molecule has 0 aromatic heterocycles. The molecule has 0 nitrogen and oxygen atoms in total. The van der Waals surface area contributed by atoms with Crippen molar-refractivity contribution in [1.29, 1.82) is 0 Å². The molecule has 0 atom stereocenters. The van der Waals surface area contributed by atoms with Gasteiger partial charge in [-0.2, -0.15) is 0 Å². The van der Waals surface area contributed by atoms with E-state index < -0.39 is 0 Å². The quantitative estimate of drug-likeness (QED) is 0.449. The van der Waals surface area contributed by atoms with Gasteiger partial charge < -0.3 is 0 Å². The van der Waals surface area contributed by atoms with Crippen molar-refractivity contribution >= 4 is 0 Å². The van der Waals surface area contributed by atoms with Crippen LogP contribution in [0.15, 0.2) is 0 Å². The van der Waals surface area contributed by atoms with Crippen molar-refractivity contribution in [3.05, 3.63) is 12.8 Å². The van der Waals surface area contributed by atoms with Gasteiger partial charge in [0.1, 0.15) is 0 Å². The lowest BCUT2D eigenvalue weighted by atomic mass is 9.78. The summed E-state index contributed by atoms with van der Waals surface area (Å²) in [5.74, 6) is 0. The van der Waals surface area contributed by atoms with Crippen molar-refractivity contribution in [3.63, 3.8) is 0 Å². The summed E-state index contributed by atoms with van der Waals surface area (Å²) in [5, 5.41) is 0. The van der Waals surface area contributed by atoms with Crippen LogP contribution in [0.25, 0.3) is 0 Å². The molecule has 1 aliphatic carbocycles. The molecule has 1 saturated carbocycles. The van der Waals surface area contributed by atoms with Gasteiger partial charge in [0, 0.05) is 0 Å². The predicted octanol–water partition coefficient (Wildman–Crippen LogP) is 2.61. The molecule has 0 amide bonds. The van der Waals surface area contributed by atoms with E-state index in [0.717, 1.165) is 0 Å². The maximum atomic E-state index is 2.40. The Morgan fingerprint density at radius 1 is 1.12 bits per heavy atom. The van der Waals surface area contributed by atoms with E-state index >= 15 is 0 Å². The largest absolute Gasteiger partial charge is 0.0594 e. The third-order valence-corrected chi connectivity index (χ3v) is 1.75. The summed E-state index contributed by atoms with van der Waals surface area (Å²) < 4.78 is 0. The van der Waals surface area contributed by atoms with Gasteiger partial charge in [-0.15, -0.1) is 0 Å². The van der Waals surface area contributed by atoms with Crippen molar-refractivity contribution < 1.29 is 0 Å². The van der Waals surface area contributed by atoms with E-state index in [9.17, 15) is 0 Å². The van der Waals surface area contributed by atoms with Gasteiger partial charge in [0.2, 0.25) is 0 Å². The standard InChI is InChI=1S/C8H14/c1-8(2)6-4-3-5-7-8/h6-7H,3-5H2,1-2H3. The van der Waals surface area contributed by atoms with Crippen molar-refractivity contribution in [3.8, 4) is 0 Å². The van der Waals surface area contributed by atoms with Crippen LogP contribution < -0.4 is 0 Å². The first kappa shape index (κ1) is 6.12. The van der Waals surface area contributed by atoms with Crippen LogP contribution in [0.3, 0.4) is 0 Å². The van der Waals surface area contributed by atoms with Crippen LogP contribution in [0.1, 0.15) is 33.1 Å². The molecule has 0 unspecified atom stereocenters. The first-order valence-corrected chi connectivity index (χ1v) is 3.39. The zero-order chi connectivity index (χ0) is 6.04. The third-order valence-electron chi connectivity index (χ3n) is 1.75. The Morgan fingerprint density at radius 2 is 1.62 bits per heavy atom. The van der Waals surface area contributed by atoms with Gasteiger partial charge >= 0.3 is 0 Å². The fourth-order valence-corrected chi connectivity index (χ4v) is 1.15. The molecule has 1 fully saturated rings. The molecular weight excluding hydrogens is 96.1 g/mol. The third kappa shape index (κ3) is 1.50. The zero-order valence-electron chi connectivity index (χ0n) is 5.78. The van der Waals surface area contributed by atoms with E-state index in [-0.39, 0.29) is 0 Å². The lowest BCUT2D eigenvalue weighted by Crippen LogP contribution is -2.16. The molecule has 0 aromatic carbocycles. The molecule has 0 aromatic rings. The molecule has 0 saturated heterocycles. The molecule has 0 bridgehead atoms. The van der Waals surface area contributed by atoms with Crippen molar-refractivity contribution in [2.45, 2.75) is 33.1 Å². The zero-order valence-corrected chi connectivity index (χ0v) is 5.78. The summed E-state index contributed by atoms with van der Waals surface area (Å²) in [7, 11) is 0. The van der Waals surface area contributed by atoms with E-state index in [4.69, 9.17) is 0 Å². The Balaban J connectivity index is 2.33. The van der Waals surface area contributed by atoms with Crippen LogP contribution in [-0.4, -0.2) is 0 Å². The minimum absolute atomic E-state index is 0.429. The minimum atomic E-state index is 0.429. The van der Waals surface area contributed by atoms with Gasteiger partial charge in [-0.3, -0.25) is 0 Å². The molecular formula is C8H14. The summed E-state index contributed by atoms with van der Waals surface area (Å²) in [5.41, 5.74) is 0.429. The maximum Gasteiger partial charge on any atom is -0.0292 e. The molecule has 1 rings (SSSR count). The Morgan fingerprint density at radius 3 is 1.88 bits per heavy atom. The molecule has 1 aliphatic rings. The second kappa shape index (κ2) is 2.08. The van der Waals surface area contributed by atoms with Crippen molar-refractivity contribution in [1.82, 2.24) is 0 Å². The van der Waals surface area contributed by atoms with Crippen molar-refractivity contribution in [2.24, 2.45) is 5.41 Å². The molecule has 0 spiro atoms. The maximum absolute atomic E-state index is 2.40. The summed E-state index contributed by atoms with van der Waals surface area (Å²) in [4.78, 5) is 0. The van der Waals surface area contributed by atoms with Crippen LogP contribution in [-0.2, 0) is 0 Å². The molecule has 0 aliphatic heterocycles. The summed E-state index contributed by atoms with van der Waals surface area (Å²) >= 11 is 0. The normalized spacial score (nSPS) is 27.8. The van der Waals surface area contributed by atoms with Gasteiger partial charge in [-0.25, -0.2) is 0 Å². The second-order valence-corrected chi connectivity index (χ2v) is 3.16.